The molecule has 1 aromatic carbocycles. The van der Waals surface area contributed by atoms with Crippen LogP contribution in [-0.2, 0) is 4.74 Å². The first-order chi connectivity index (χ1) is 11.5. The van der Waals surface area contributed by atoms with Crippen molar-refractivity contribution in [3.63, 3.8) is 0 Å². The van der Waals surface area contributed by atoms with Crippen LogP contribution in [0.25, 0.3) is 0 Å². The zero-order valence-electron chi connectivity index (χ0n) is 13.9. The summed E-state index contributed by atoms with van der Waals surface area (Å²) < 4.78 is 10.7. The molecule has 0 unspecified atom stereocenters. The molecule has 1 saturated heterocycles. The maximum Gasteiger partial charge on any atom is 0.321 e. The number of anilines is 1. The summed E-state index contributed by atoms with van der Waals surface area (Å²) in [4.78, 5) is 14.3. The van der Waals surface area contributed by atoms with E-state index in [1.807, 2.05) is 0 Å². The van der Waals surface area contributed by atoms with Gasteiger partial charge in [0.25, 0.3) is 0 Å². The number of halogens is 1. The largest absolute Gasteiger partial charge is 0.495 e. The molecule has 0 radical (unpaired) electrons. The van der Waals surface area contributed by atoms with Gasteiger partial charge in [-0.15, -0.1) is 0 Å². The molecule has 7 heteroatoms. The van der Waals surface area contributed by atoms with E-state index in [0.717, 1.165) is 12.8 Å². The van der Waals surface area contributed by atoms with Gasteiger partial charge in [0.05, 0.1) is 25.0 Å². The summed E-state index contributed by atoms with van der Waals surface area (Å²) in [6.07, 6.45) is 1.92. The summed E-state index contributed by atoms with van der Waals surface area (Å²) in [6, 6.07) is 4.91. The minimum atomic E-state index is -0.333. The van der Waals surface area contributed by atoms with Gasteiger partial charge in [0.15, 0.2) is 0 Å². The maximum absolute atomic E-state index is 12.5. The molecule has 1 aromatic rings. The third-order valence-corrected chi connectivity index (χ3v) is 5.65. The molecule has 2 atom stereocenters. The number of piperidine rings is 1. The second kappa shape index (κ2) is 6.78. The predicted octanol–water partition coefficient (Wildman–Crippen LogP) is 2.74. The van der Waals surface area contributed by atoms with Crippen LogP contribution in [0, 0.1) is 5.41 Å². The summed E-state index contributed by atoms with van der Waals surface area (Å²) in [5.74, 6) is 0.565. The second-order valence-electron chi connectivity index (χ2n) is 6.47. The third-order valence-electron chi connectivity index (χ3n) is 5.41. The molecule has 24 heavy (non-hydrogen) atoms. The number of nitrogens with zero attached hydrogens (tertiary/aromatic N) is 1. The van der Waals surface area contributed by atoms with Crippen LogP contribution in [-0.4, -0.2) is 55.6 Å². The molecular formula is C17H23ClN2O4. The predicted molar refractivity (Wildman–Crippen MR) is 91.7 cm³/mol. The fourth-order valence-corrected chi connectivity index (χ4v) is 3.98. The number of ether oxygens (including phenoxy) is 2. The van der Waals surface area contributed by atoms with Gasteiger partial charge in [-0.3, -0.25) is 0 Å². The van der Waals surface area contributed by atoms with Crippen LogP contribution < -0.4 is 10.1 Å². The van der Waals surface area contributed by atoms with Crippen LogP contribution >= 0.6 is 11.6 Å². The van der Waals surface area contributed by atoms with E-state index in [0.29, 0.717) is 36.0 Å². The van der Waals surface area contributed by atoms with Gasteiger partial charge in [0, 0.05) is 37.1 Å². The van der Waals surface area contributed by atoms with E-state index in [2.05, 4.69) is 5.32 Å². The molecule has 0 aromatic heterocycles. The van der Waals surface area contributed by atoms with Crippen molar-refractivity contribution in [2.45, 2.75) is 31.5 Å². The SMILES string of the molecule is COc1ccc(Cl)cc1NC(=O)N1CCC2(CC1)[C@H](O)C[C@@H]2OC. The number of benzene rings is 1. The highest BCUT2D eigenvalue weighted by molar-refractivity contribution is 6.31. The third kappa shape index (κ3) is 2.94. The van der Waals surface area contributed by atoms with Crippen molar-refractivity contribution >= 4 is 23.3 Å². The minimum absolute atomic E-state index is 0.0886. The van der Waals surface area contributed by atoms with E-state index in [9.17, 15) is 9.90 Å². The fraction of sp³-hybridized carbons (Fsp3) is 0.588. The van der Waals surface area contributed by atoms with Crippen LogP contribution in [0.1, 0.15) is 19.3 Å². The topological polar surface area (TPSA) is 71.0 Å². The molecule has 2 aliphatic rings. The van der Waals surface area contributed by atoms with Gasteiger partial charge >= 0.3 is 6.03 Å². The number of hydrogen-bond donors (Lipinski definition) is 2. The minimum Gasteiger partial charge on any atom is -0.495 e. The summed E-state index contributed by atoms with van der Waals surface area (Å²) >= 11 is 5.99. The number of hydrogen-bond acceptors (Lipinski definition) is 4. The number of rotatable bonds is 3. The first kappa shape index (κ1) is 17.3. The van der Waals surface area contributed by atoms with E-state index in [1.165, 1.54) is 0 Å². The van der Waals surface area contributed by atoms with Crippen molar-refractivity contribution in [2.75, 3.05) is 32.6 Å². The number of urea groups is 1. The molecule has 2 amide bonds. The van der Waals surface area contributed by atoms with E-state index in [1.54, 1.807) is 37.3 Å². The zero-order valence-corrected chi connectivity index (χ0v) is 14.7. The monoisotopic (exact) mass is 354 g/mol. The van der Waals surface area contributed by atoms with Crippen molar-refractivity contribution in [3.8, 4) is 5.75 Å². The molecule has 2 fully saturated rings. The Morgan fingerprint density at radius 2 is 2.08 bits per heavy atom. The Labute approximate surface area is 146 Å². The van der Waals surface area contributed by atoms with Gasteiger partial charge in [-0.05, 0) is 31.0 Å². The average molecular weight is 355 g/mol. The molecule has 2 N–H and O–H groups in total. The van der Waals surface area contributed by atoms with Crippen molar-refractivity contribution in [2.24, 2.45) is 5.41 Å². The summed E-state index contributed by atoms with van der Waals surface area (Å²) in [5, 5.41) is 13.5. The Balaban J connectivity index is 1.63. The van der Waals surface area contributed by atoms with Gasteiger partial charge in [0.1, 0.15) is 5.75 Å². The Morgan fingerprint density at radius 3 is 2.67 bits per heavy atom. The van der Waals surface area contributed by atoms with Gasteiger partial charge in [-0.2, -0.15) is 0 Å². The van der Waals surface area contributed by atoms with E-state index in [4.69, 9.17) is 21.1 Å². The van der Waals surface area contributed by atoms with E-state index >= 15 is 0 Å². The van der Waals surface area contributed by atoms with Crippen LogP contribution in [0.2, 0.25) is 5.02 Å². The lowest BCUT2D eigenvalue weighted by Crippen LogP contribution is -2.62. The number of nitrogens with one attached hydrogen (secondary N) is 1. The average Bonchev–Trinajstić information content (AvgIpc) is 2.59. The second-order valence-corrected chi connectivity index (χ2v) is 6.91. The molecular weight excluding hydrogens is 332 g/mol. The van der Waals surface area contributed by atoms with Crippen LogP contribution in [0.5, 0.6) is 5.75 Å². The van der Waals surface area contributed by atoms with Crippen LogP contribution in [0.4, 0.5) is 10.5 Å². The summed E-state index contributed by atoms with van der Waals surface area (Å²) in [5.41, 5.74) is 0.355. The highest BCUT2D eigenvalue weighted by atomic mass is 35.5. The number of carbonyl (C=O) groups excluding carboxylic acids is 1. The molecule has 0 bridgehead atoms. The first-order valence-electron chi connectivity index (χ1n) is 8.10. The lowest BCUT2D eigenvalue weighted by atomic mass is 9.58. The van der Waals surface area contributed by atoms with E-state index < -0.39 is 0 Å². The molecule has 3 rings (SSSR count). The standard InChI is InChI=1S/C17H23ClN2O4/c1-23-13-4-3-11(18)9-12(13)19-16(22)20-7-5-17(6-8-20)14(21)10-15(17)24-2/h3-4,9,14-15,21H,5-8,10H2,1-2H3,(H,19,22)/t14-,15+/m1/s1. The van der Waals surface area contributed by atoms with Gasteiger partial charge in [0.2, 0.25) is 0 Å². The normalized spacial score (nSPS) is 25.2. The number of amides is 2. The van der Waals surface area contributed by atoms with Crippen molar-refractivity contribution < 1.29 is 19.4 Å². The Kier molecular flexibility index (Phi) is 4.90. The number of carbonyl (C=O) groups is 1. The number of aliphatic hydroxyl groups is 1. The van der Waals surface area contributed by atoms with Crippen LogP contribution in [0.15, 0.2) is 18.2 Å². The molecule has 1 heterocycles. The number of likely N-dealkylation sites (tertiary alicyclic amines) is 1. The quantitative estimate of drug-likeness (QED) is 0.875. The van der Waals surface area contributed by atoms with Gasteiger partial charge in [-0.1, -0.05) is 11.6 Å². The molecule has 1 aliphatic heterocycles. The first-order valence-corrected chi connectivity index (χ1v) is 8.48. The summed E-state index contributed by atoms with van der Waals surface area (Å²) in [7, 11) is 3.23. The van der Waals surface area contributed by atoms with E-state index in [-0.39, 0.29) is 23.7 Å². The van der Waals surface area contributed by atoms with Crippen molar-refractivity contribution in [1.29, 1.82) is 0 Å². The number of aliphatic hydroxyl groups excluding tert-OH is 1. The molecule has 1 saturated carbocycles. The van der Waals surface area contributed by atoms with Gasteiger partial charge < -0.3 is 24.8 Å². The van der Waals surface area contributed by atoms with Crippen molar-refractivity contribution in [1.82, 2.24) is 4.90 Å². The molecule has 1 spiro atoms. The fourth-order valence-electron chi connectivity index (χ4n) is 3.81. The lowest BCUT2D eigenvalue weighted by Gasteiger charge is -2.56. The molecule has 6 nitrogen and oxygen atoms in total. The van der Waals surface area contributed by atoms with Crippen LogP contribution in [0.3, 0.4) is 0 Å². The zero-order chi connectivity index (χ0) is 17.3. The smallest absolute Gasteiger partial charge is 0.321 e. The number of methoxy groups -OCH3 is 2. The Hall–Kier alpha value is -1.50. The maximum atomic E-state index is 12.5. The Bertz CT molecular complexity index is 617. The van der Waals surface area contributed by atoms with Gasteiger partial charge in [-0.25, -0.2) is 4.79 Å². The lowest BCUT2D eigenvalue weighted by molar-refractivity contribution is -0.198. The molecule has 132 valence electrons. The molecule has 1 aliphatic carbocycles. The highest BCUT2D eigenvalue weighted by Crippen LogP contribution is 2.50. The Morgan fingerprint density at radius 1 is 1.38 bits per heavy atom. The highest BCUT2D eigenvalue weighted by Gasteiger charge is 2.56. The summed E-state index contributed by atoms with van der Waals surface area (Å²) in [6.45, 7) is 1.18. The van der Waals surface area contributed by atoms with Crippen molar-refractivity contribution in [3.05, 3.63) is 23.2 Å².